The molecule has 0 aliphatic heterocycles. The molecule has 0 amide bonds. The third-order valence-corrected chi connectivity index (χ3v) is 11.9. The molecule has 0 aliphatic carbocycles. The van der Waals surface area contributed by atoms with E-state index in [0.29, 0.717) is 0 Å². The minimum atomic E-state index is -3.38. The Morgan fingerprint density at radius 2 is 1.14 bits per heavy atom. The second-order valence-electron chi connectivity index (χ2n) is 11.1. The Kier molecular flexibility index (Phi) is 5.17. The molecule has 9 rings (SSSR count). The van der Waals surface area contributed by atoms with Gasteiger partial charge in [0.15, 0.2) is 7.14 Å². The summed E-state index contributed by atoms with van der Waals surface area (Å²) in [6, 6.07) is 52.0. The van der Waals surface area contributed by atoms with E-state index in [0.717, 1.165) is 70.4 Å². The van der Waals surface area contributed by atoms with Crippen LogP contribution in [0, 0.1) is 0 Å². The molecule has 0 saturated heterocycles. The van der Waals surface area contributed by atoms with Gasteiger partial charge in [-0.1, -0.05) is 127 Å². The van der Waals surface area contributed by atoms with Crippen molar-refractivity contribution in [3.8, 4) is 0 Å². The molecule has 3 nitrogen and oxygen atoms in total. The molecule has 7 aromatic carbocycles. The van der Waals surface area contributed by atoms with Crippen LogP contribution in [0.4, 0.5) is 0 Å². The number of hydrogen-bond donors (Lipinski definition) is 0. The van der Waals surface area contributed by atoms with Gasteiger partial charge in [0, 0.05) is 26.7 Å². The lowest BCUT2D eigenvalue weighted by atomic mass is 10.0. The molecule has 4 heteroatoms. The summed E-state index contributed by atoms with van der Waals surface area (Å²) in [5.74, 6) is 0. The lowest BCUT2D eigenvalue weighted by Gasteiger charge is -2.23. The van der Waals surface area contributed by atoms with Gasteiger partial charge in [0.1, 0.15) is 5.65 Å². The van der Waals surface area contributed by atoms with E-state index in [9.17, 15) is 0 Å². The third-order valence-electron chi connectivity index (χ3n) is 8.81. The van der Waals surface area contributed by atoms with Crippen molar-refractivity contribution in [1.82, 2.24) is 9.38 Å². The molecular formula is C39H25N2OP. The van der Waals surface area contributed by atoms with E-state index in [2.05, 4.69) is 120 Å². The van der Waals surface area contributed by atoms with Gasteiger partial charge in [-0.05, 0) is 51.2 Å². The Labute approximate surface area is 248 Å². The molecule has 2 aromatic heterocycles. The van der Waals surface area contributed by atoms with E-state index in [4.69, 9.17) is 4.98 Å². The summed E-state index contributed by atoms with van der Waals surface area (Å²) in [6.45, 7) is 0. The zero-order valence-electron chi connectivity index (χ0n) is 23.2. The van der Waals surface area contributed by atoms with Crippen molar-refractivity contribution in [3.05, 3.63) is 152 Å². The van der Waals surface area contributed by atoms with Gasteiger partial charge in [0.2, 0.25) is 0 Å². The lowest BCUT2D eigenvalue weighted by molar-refractivity contribution is 0.592. The average molecular weight is 569 g/mol. The Bertz CT molecular complexity index is 2600. The second kappa shape index (κ2) is 9.13. The quantitative estimate of drug-likeness (QED) is 0.158. The van der Waals surface area contributed by atoms with Crippen LogP contribution >= 0.6 is 7.14 Å². The summed E-state index contributed by atoms with van der Waals surface area (Å²) in [5, 5.41) is 10.1. The van der Waals surface area contributed by atoms with Crippen molar-refractivity contribution < 1.29 is 4.57 Å². The predicted molar refractivity (Wildman–Crippen MR) is 182 cm³/mol. The first-order valence-electron chi connectivity index (χ1n) is 14.5. The molecule has 0 spiro atoms. The molecule has 2 heterocycles. The third kappa shape index (κ3) is 3.43. The van der Waals surface area contributed by atoms with Crippen LogP contribution in [0.1, 0.15) is 0 Å². The van der Waals surface area contributed by atoms with Gasteiger partial charge < -0.3 is 4.57 Å². The molecule has 0 bridgehead atoms. The number of nitrogens with zero attached hydrogens (tertiary/aromatic N) is 2. The summed E-state index contributed by atoms with van der Waals surface area (Å²) >= 11 is 0. The maximum atomic E-state index is 16.2. The van der Waals surface area contributed by atoms with Crippen LogP contribution in [0.2, 0.25) is 0 Å². The van der Waals surface area contributed by atoms with E-state index >= 15 is 4.57 Å². The van der Waals surface area contributed by atoms with E-state index in [-0.39, 0.29) is 0 Å². The molecular weight excluding hydrogens is 543 g/mol. The first-order chi connectivity index (χ1) is 21.2. The Hall–Kier alpha value is -5.24. The molecule has 202 valence electrons. The number of hydrogen-bond acceptors (Lipinski definition) is 2. The van der Waals surface area contributed by atoms with Gasteiger partial charge in [0.25, 0.3) is 0 Å². The Morgan fingerprint density at radius 3 is 2.00 bits per heavy atom. The molecule has 0 saturated carbocycles. The normalized spacial score (nSPS) is 13.4. The molecule has 1 unspecified atom stereocenters. The number of fused-ring (bicyclic) bond motifs is 11. The minimum absolute atomic E-state index is 0.807. The predicted octanol–water partition coefficient (Wildman–Crippen LogP) is 8.74. The van der Waals surface area contributed by atoms with Crippen molar-refractivity contribution in [2.24, 2.45) is 0 Å². The highest BCUT2D eigenvalue weighted by Gasteiger charge is 2.33. The maximum absolute atomic E-state index is 16.2. The number of imidazole rings is 1. The average Bonchev–Trinajstić information content (AvgIpc) is 3.48. The molecule has 0 aliphatic rings. The monoisotopic (exact) mass is 568 g/mol. The standard InChI is InChI=1S/C39H25N2OP/c42-43(28-12-2-1-3-13-28,29-24-23-27-22-21-26-11-4-5-14-30(26)33(27)25-29)37-20-10-16-32-31-15-6-8-18-35(31)41-36-19-9-7-17-34(36)40-39(41)38(32)37/h1-25H. The molecule has 1 atom stereocenters. The van der Waals surface area contributed by atoms with E-state index in [1.54, 1.807) is 0 Å². The van der Waals surface area contributed by atoms with Crippen LogP contribution in [0.25, 0.3) is 59.9 Å². The molecule has 9 aromatic rings. The fraction of sp³-hybridized carbons (Fsp3) is 0. The van der Waals surface area contributed by atoms with Crippen molar-refractivity contribution in [1.29, 1.82) is 0 Å². The van der Waals surface area contributed by atoms with Gasteiger partial charge in [0.05, 0.1) is 16.6 Å². The van der Waals surface area contributed by atoms with Crippen LogP contribution in [0.15, 0.2) is 152 Å². The SMILES string of the molecule is O=P(c1ccccc1)(c1ccc2ccc3ccccc3c2c1)c1cccc2c3ccccc3n3c4ccccc4nc3c12. The highest BCUT2D eigenvalue weighted by molar-refractivity contribution is 7.85. The van der Waals surface area contributed by atoms with E-state index in [1.165, 1.54) is 5.39 Å². The lowest BCUT2D eigenvalue weighted by Crippen LogP contribution is -2.26. The zero-order valence-corrected chi connectivity index (χ0v) is 24.1. The molecule has 0 fully saturated rings. The summed E-state index contributed by atoms with van der Waals surface area (Å²) in [7, 11) is -3.38. The van der Waals surface area contributed by atoms with Gasteiger partial charge in [-0.25, -0.2) is 4.98 Å². The number of benzene rings is 7. The van der Waals surface area contributed by atoms with Crippen molar-refractivity contribution in [3.63, 3.8) is 0 Å². The number of para-hydroxylation sites is 3. The summed E-state index contributed by atoms with van der Waals surface area (Å²) in [4.78, 5) is 5.19. The molecule has 43 heavy (non-hydrogen) atoms. The van der Waals surface area contributed by atoms with Crippen LogP contribution in [-0.2, 0) is 4.57 Å². The van der Waals surface area contributed by atoms with Gasteiger partial charge in [-0.15, -0.1) is 0 Å². The fourth-order valence-electron chi connectivity index (χ4n) is 6.85. The van der Waals surface area contributed by atoms with Crippen LogP contribution in [-0.4, -0.2) is 9.38 Å². The zero-order chi connectivity index (χ0) is 28.5. The largest absolute Gasteiger partial charge is 0.309 e. The van der Waals surface area contributed by atoms with Crippen molar-refractivity contribution in [2.45, 2.75) is 0 Å². The first kappa shape index (κ1) is 24.4. The van der Waals surface area contributed by atoms with Gasteiger partial charge in [-0.2, -0.15) is 0 Å². The fourth-order valence-corrected chi connectivity index (χ4v) is 9.72. The van der Waals surface area contributed by atoms with Crippen LogP contribution < -0.4 is 15.9 Å². The summed E-state index contributed by atoms with van der Waals surface area (Å²) in [5.41, 5.74) is 3.87. The number of rotatable bonds is 3. The highest BCUT2D eigenvalue weighted by Crippen LogP contribution is 2.47. The number of pyridine rings is 1. The minimum Gasteiger partial charge on any atom is -0.309 e. The molecule has 0 radical (unpaired) electrons. The van der Waals surface area contributed by atoms with Crippen LogP contribution in [0.3, 0.4) is 0 Å². The smallest absolute Gasteiger partial charge is 0.171 e. The van der Waals surface area contributed by atoms with Gasteiger partial charge >= 0.3 is 0 Å². The summed E-state index contributed by atoms with van der Waals surface area (Å²) in [6.07, 6.45) is 0. The Morgan fingerprint density at radius 1 is 0.488 bits per heavy atom. The summed E-state index contributed by atoms with van der Waals surface area (Å²) < 4.78 is 18.4. The Balaban J connectivity index is 1.47. The van der Waals surface area contributed by atoms with E-state index in [1.807, 2.05) is 36.4 Å². The van der Waals surface area contributed by atoms with Crippen LogP contribution in [0.5, 0.6) is 0 Å². The van der Waals surface area contributed by atoms with E-state index < -0.39 is 7.14 Å². The topological polar surface area (TPSA) is 34.4 Å². The second-order valence-corrected chi connectivity index (χ2v) is 13.8. The van der Waals surface area contributed by atoms with Crippen molar-refractivity contribution in [2.75, 3.05) is 0 Å². The highest BCUT2D eigenvalue weighted by atomic mass is 31.2. The number of aromatic nitrogens is 2. The molecule has 0 N–H and O–H groups in total. The maximum Gasteiger partial charge on any atom is 0.171 e. The van der Waals surface area contributed by atoms with Crippen molar-refractivity contribution >= 4 is 83.0 Å². The van der Waals surface area contributed by atoms with Gasteiger partial charge in [-0.3, -0.25) is 4.40 Å². The first-order valence-corrected chi connectivity index (χ1v) is 16.2.